The highest BCUT2D eigenvalue weighted by Gasteiger charge is 2.20. The van der Waals surface area contributed by atoms with Gasteiger partial charge in [-0.3, -0.25) is 4.79 Å². The van der Waals surface area contributed by atoms with Crippen molar-refractivity contribution >= 4 is 5.91 Å². The summed E-state index contributed by atoms with van der Waals surface area (Å²) < 4.78 is 0. The SMILES string of the molecule is CNC(=O)CC(CC(C)C)NC(C)(C)C. The molecule has 0 radical (unpaired) electrons. The Morgan fingerprint density at radius 3 is 2.13 bits per heavy atom. The molecule has 2 N–H and O–H groups in total. The highest BCUT2D eigenvalue weighted by molar-refractivity contribution is 5.76. The second kappa shape index (κ2) is 6.11. The van der Waals surface area contributed by atoms with Crippen molar-refractivity contribution in [3.8, 4) is 0 Å². The first kappa shape index (κ1) is 14.4. The minimum atomic E-state index is 0.0631. The molecule has 0 aromatic rings. The molecule has 0 aromatic carbocycles. The van der Waals surface area contributed by atoms with Crippen molar-refractivity contribution in [3.63, 3.8) is 0 Å². The third kappa shape index (κ3) is 8.43. The van der Waals surface area contributed by atoms with Crippen LogP contribution in [0, 0.1) is 5.92 Å². The number of rotatable bonds is 5. The standard InChI is InChI=1S/C12H26N2O/c1-9(2)7-10(8-11(15)13-6)14-12(3,4)5/h9-10,14H,7-8H2,1-6H3,(H,13,15). The van der Waals surface area contributed by atoms with Gasteiger partial charge < -0.3 is 10.6 Å². The molecule has 0 aliphatic carbocycles. The van der Waals surface area contributed by atoms with E-state index in [-0.39, 0.29) is 17.5 Å². The molecule has 3 heteroatoms. The highest BCUT2D eigenvalue weighted by atomic mass is 16.1. The van der Waals surface area contributed by atoms with Crippen molar-refractivity contribution in [3.05, 3.63) is 0 Å². The Bertz CT molecular complexity index is 194. The molecular weight excluding hydrogens is 188 g/mol. The second-order valence-electron chi connectivity index (χ2n) is 5.60. The zero-order valence-corrected chi connectivity index (χ0v) is 11.0. The van der Waals surface area contributed by atoms with Crippen LogP contribution in [0.4, 0.5) is 0 Å². The van der Waals surface area contributed by atoms with Gasteiger partial charge in [-0.2, -0.15) is 0 Å². The fourth-order valence-electron chi connectivity index (χ4n) is 1.70. The minimum absolute atomic E-state index is 0.0631. The van der Waals surface area contributed by atoms with Gasteiger partial charge in [-0.25, -0.2) is 0 Å². The van der Waals surface area contributed by atoms with Crippen LogP contribution in [0.2, 0.25) is 0 Å². The van der Waals surface area contributed by atoms with Crippen LogP contribution in [-0.4, -0.2) is 24.5 Å². The van der Waals surface area contributed by atoms with Crippen LogP contribution in [-0.2, 0) is 4.79 Å². The molecule has 0 aliphatic heterocycles. The van der Waals surface area contributed by atoms with Crippen molar-refractivity contribution in [2.75, 3.05) is 7.05 Å². The molecule has 0 fully saturated rings. The van der Waals surface area contributed by atoms with E-state index in [1.54, 1.807) is 7.05 Å². The van der Waals surface area contributed by atoms with Crippen LogP contribution in [0.15, 0.2) is 0 Å². The highest BCUT2D eigenvalue weighted by Crippen LogP contribution is 2.12. The fourth-order valence-corrected chi connectivity index (χ4v) is 1.70. The quantitative estimate of drug-likeness (QED) is 0.734. The molecule has 0 bridgehead atoms. The lowest BCUT2D eigenvalue weighted by Gasteiger charge is -2.29. The Morgan fingerprint density at radius 1 is 1.27 bits per heavy atom. The van der Waals surface area contributed by atoms with E-state index in [0.29, 0.717) is 12.3 Å². The minimum Gasteiger partial charge on any atom is -0.359 e. The predicted molar refractivity (Wildman–Crippen MR) is 64.8 cm³/mol. The smallest absolute Gasteiger partial charge is 0.221 e. The topological polar surface area (TPSA) is 41.1 Å². The van der Waals surface area contributed by atoms with E-state index >= 15 is 0 Å². The van der Waals surface area contributed by atoms with E-state index < -0.39 is 0 Å². The zero-order valence-electron chi connectivity index (χ0n) is 11.0. The number of carbonyl (C=O) groups is 1. The van der Waals surface area contributed by atoms with Crippen LogP contribution in [0.5, 0.6) is 0 Å². The van der Waals surface area contributed by atoms with Gasteiger partial charge in [-0.05, 0) is 33.1 Å². The Labute approximate surface area is 94.0 Å². The molecule has 0 saturated carbocycles. The van der Waals surface area contributed by atoms with Gasteiger partial charge >= 0.3 is 0 Å². The van der Waals surface area contributed by atoms with Gasteiger partial charge in [0.05, 0.1) is 0 Å². The number of hydrogen-bond acceptors (Lipinski definition) is 2. The fraction of sp³-hybridized carbons (Fsp3) is 0.917. The first-order valence-corrected chi connectivity index (χ1v) is 5.73. The van der Waals surface area contributed by atoms with Crippen LogP contribution in [0.25, 0.3) is 0 Å². The van der Waals surface area contributed by atoms with Gasteiger partial charge in [-0.1, -0.05) is 13.8 Å². The molecule has 0 rings (SSSR count). The van der Waals surface area contributed by atoms with E-state index in [0.717, 1.165) is 6.42 Å². The van der Waals surface area contributed by atoms with Crippen molar-refractivity contribution in [1.82, 2.24) is 10.6 Å². The Hall–Kier alpha value is -0.570. The molecule has 0 saturated heterocycles. The van der Waals surface area contributed by atoms with Gasteiger partial charge in [0.25, 0.3) is 0 Å². The maximum atomic E-state index is 11.3. The largest absolute Gasteiger partial charge is 0.359 e. The Kier molecular flexibility index (Phi) is 5.88. The Morgan fingerprint density at radius 2 is 1.80 bits per heavy atom. The maximum Gasteiger partial charge on any atom is 0.221 e. The summed E-state index contributed by atoms with van der Waals surface area (Å²) in [6, 6.07) is 0.268. The summed E-state index contributed by atoms with van der Waals surface area (Å²) in [4.78, 5) is 11.3. The summed E-state index contributed by atoms with van der Waals surface area (Å²) in [5.74, 6) is 0.715. The molecule has 0 heterocycles. The first-order valence-electron chi connectivity index (χ1n) is 5.73. The summed E-state index contributed by atoms with van der Waals surface area (Å²) in [5.41, 5.74) is 0.0631. The van der Waals surface area contributed by atoms with Gasteiger partial charge in [0.1, 0.15) is 0 Å². The van der Waals surface area contributed by atoms with E-state index in [1.807, 2.05) is 0 Å². The molecule has 15 heavy (non-hydrogen) atoms. The van der Waals surface area contributed by atoms with E-state index in [4.69, 9.17) is 0 Å². The van der Waals surface area contributed by atoms with Crippen molar-refractivity contribution in [1.29, 1.82) is 0 Å². The molecule has 1 amide bonds. The van der Waals surface area contributed by atoms with Crippen LogP contribution in [0.1, 0.15) is 47.5 Å². The van der Waals surface area contributed by atoms with Gasteiger partial charge in [0.15, 0.2) is 0 Å². The predicted octanol–water partition coefficient (Wildman–Crippen LogP) is 1.93. The molecule has 0 spiro atoms. The molecule has 3 nitrogen and oxygen atoms in total. The third-order valence-electron chi connectivity index (χ3n) is 2.10. The van der Waals surface area contributed by atoms with Gasteiger partial charge in [0.2, 0.25) is 5.91 Å². The monoisotopic (exact) mass is 214 g/mol. The van der Waals surface area contributed by atoms with Crippen LogP contribution < -0.4 is 10.6 Å². The lowest BCUT2D eigenvalue weighted by molar-refractivity contribution is -0.121. The molecule has 90 valence electrons. The third-order valence-corrected chi connectivity index (χ3v) is 2.10. The normalized spacial score (nSPS) is 14.1. The van der Waals surface area contributed by atoms with Gasteiger partial charge in [-0.15, -0.1) is 0 Å². The second-order valence-corrected chi connectivity index (χ2v) is 5.60. The van der Waals surface area contributed by atoms with Gasteiger partial charge in [0, 0.05) is 25.0 Å². The van der Waals surface area contributed by atoms with E-state index in [9.17, 15) is 4.79 Å². The van der Waals surface area contributed by atoms with E-state index in [2.05, 4.69) is 45.3 Å². The van der Waals surface area contributed by atoms with Crippen molar-refractivity contribution < 1.29 is 4.79 Å². The maximum absolute atomic E-state index is 11.3. The first-order chi connectivity index (χ1) is 6.74. The number of carbonyl (C=O) groups excluding carboxylic acids is 1. The lowest BCUT2D eigenvalue weighted by Crippen LogP contribution is -2.46. The molecule has 1 unspecified atom stereocenters. The van der Waals surface area contributed by atoms with Crippen molar-refractivity contribution in [2.45, 2.75) is 59.0 Å². The summed E-state index contributed by atoms with van der Waals surface area (Å²) >= 11 is 0. The van der Waals surface area contributed by atoms with Crippen molar-refractivity contribution in [2.24, 2.45) is 5.92 Å². The molecule has 1 atom stereocenters. The summed E-state index contributed by atoms with van der Waals surface area (Å²) in [6.45, 7) is 10.8. The number of nitrogens with one attached hydrogen (secondary N) is 2. The molecule has 0 aromatic heterocycles. The number of hydrogen-bond donors (Lipinski definition) is 2. The number of amides is 1. The van der Waals surface area contributed by atoms with E-state index in [1.165, 1.54) is 0 Å². The molecular formula is C12H26N2O. The summed E-state index contributed by atoms with van der Waals surface area (Å²) in [7, 11) is 1.69. The van der Waals surface area contributed by atoms with Crippen LogP contribution in [0.3, 0.4) is 0 Å². The lowest BCUT2D eigenvalue weighted by atomic mass is 9.97. The Balaban J connectivity index is 4.25. The zero-order chi connectivity index (χ0) is 12.1. The average Bonchev–Trinajstić information content (AvgIpc) is 1.99. The average molecular weight is 214 g/mol. The molecule has 0 aliphatic rings. The van der Waals surface area contributed by atoms with Crippen LogP contribution >= 0.6 is 0 Å². The summed E-state index contributed by atoms with van der Waals surface area (Å²) in [5, 5.41) is 6.17. The summed E-state index contributed by atoms with van der Waals surface area (Å²) in [6.07, 6.45) is 1.59.